The Kier molecular flexibility index (Phi) is 3.53. The molecule has 1 atom stereocenters. The summed E-state index contributed by atoms with van der Waals surface area (Å²) in [6.07, 6.45) is 2.05. The number of carbonyl (C=O) groups excluding carboxylic acids is 1. The van der Waals surface area contributed by atoms with Crippen molar-refractivity contribution in [2.75, 3.05) is 18.0 Å². The van der Waals surface area contributed by atoms with Crippen LogP contribution in [-0.2, 0) is 0 Å². The largest absolute Gasteiger partial charge is 0.388 e. The second-order valence-corrected chi connectivity index (χ2v) is 5.15. The Morgan fingerprint density at radius 1 is 1.53 bits per heavy atom. The maximum Gasteiger partial charge on any atom is 0.293 e. The zero-order valence-corrected chi connectivity index (χ0v) is 10.7. The third-order valence-electron chi connectivity index (χ3n) is 3.35. The van der Waals surface area contributed by atoms with Gasteiger partial charge in [0.25, 0.3) is 5.69 Å². The molecular formula is C13H16N2O4. The molecule has 1 aromatic rings. The minimum atomic E-state index is -0.838. The summed E-state index contributed by atoms with van der Waals surface area (Å²) in [6, 6.07) is 4.40. The molecule has 0 aliphatic carbocycles. The Bertz CT molecular complexity index is 513. The minimum absolute atomic E-state index is 0.0951. The number of aldehydes is 1. The summed E-state index contributed by atoms with van der Waals surface area (Å²) in [5, 5.41) is 21.2. The molecule has 0 radical (unpaired) electrons. The Morgan fingerprint density at radius 3 is 2.84 bits per heavy atom. The molecule has 102 valence electrons. The Morgan fingerprint density at radius 2 is 2.26 bits per heavy atom. The van der Waals surface area contributed by atoms with Crippen molar-refractivity contribution in [2.24, 2.45) is 0 Å². The number of nitro groups is 1. The third kappa shape index (κ3) is 2.90. The molecule has 0 amide bonds. The van der Waals surface area contributed by atoms with E-state index in [0.29, 0.717) is 31.5 Å². The fraction of sp³-hybridized carbons (Fsp3) is 0.462. The minimum Gasteiger partial charge on any atom is -0.388 e. The summed E-state index contributed by atoms with van der Waals surface area (Å²) in [4.78, 5) is 23.1. The quantitative estimate of drug-likeness (QED) is 0.511. The van der Waals surface area contributed by atoms with E-state index in [-0.39, 0.29) is 11.3 Å². The van der Waals surface area contributed by atoms with Gasteiger partial charge in [-0.15, -0.1) is 0 Å². The lowest BCUT2D eigenvalue weighted by atomic mass is 9.94. The van der Waals surface area contributed by atoms with Crippen molar-refractivity contribution in [3.63, 3.8) is 0 Å². The first-order chi connectivity index (χ1) is 8.93. The lowest BCUT2D eigenvalue weighted by Crippen LogP contribution is -2.46. The zero-order chi connectivity index (χ0) is 14.0. The molecule has 0 aromatic heterocycles. The molecule has 1 fully saturated rings. The molecule has 1 unspecified atom stereocenters. The molecule has 6 heteroatoms. The number of β-amino-alcohol motifs (C(OH)–C–C–N with tert-alkyl or cyclic N) is 1. The van der Waals surface area contributed by atoms with E-state index in [0.717, 1.165) is 6.42 Å². The van der Waals surface area contributed by atoms with Gasteiger partial charge in [0.2, 0.25) is 0 Å². The van der Waals surface area contributed by atoms with Crippen molar-refractivity contribution in [3.8, 4) is 0 Å². The van der Waals surface area contributed by atoms with Gasteiger partial charge in [0, 0.05) is 24.7 Å². The summed E-state index contributed by atoms with van der Waals surface area (Å²) in [5.41, 5.74) is -0.202. The van der Waals surface area contributed by atoms with Gasteiger partial charge in [-0.25, -0.2) is 0 Å². The number of aliphatic hydroxyl groups is 1. The topological polar surface area (TPSA) is 83.7 Å². The van der Waals surface area contributed by atoms with E-state index < -0.39 is 10.5 Å². The summed E-state index contributed by atoms with van der Waals surface area (Å²) in [7, 11) is 0. The van der Waals surface area contributed by atoms with E-state index in [1.54, 1.807) is 24.0 Å². The van der Waals surface area contributed by atoms with Crippen LogP contribution in [0, 0.1) is 10.1 Å². The molecule has 2 rings (SSSR count). The van der Waals surface area contributed by atoms with Crippen LogP contribution in [0.1, 0.15) is 30.1 Å². The zero-order valence-electron chi connectivity index (χ0n) is 10.7. The van der Waals surface area contributed by atoms with Gasteiger partial charge in [-0.2, -0.15) is 0 Å². The summed E-state index contributed by atoms with van der Waals surface area (Å²) in [5.74, 6) is 0. The molecule has 19 heavy (non-hydrogen) atoms. The number of benzene rings is 1. The number of carbonyl (C=O) groups is 1. The number of nitro benzene ring substituents is 1. The molecule has 0 bridgehead atoms. The van der Waals surface area contributed by atoms with Crippen molar-refractivity contribution in [1.82, 2.24) is 0 Å². The molecule has 6 nitrogen and oxygen atoms in total. The molecule has 1 aromatic carbocycles. The molecular weight excluding hydrogens is 248 g/mol. The molecule has 1 aliphatic rings. The first-order valence-electron chi connectivity index (χ1n) is 6.14. The van der Waals surface area contributed by atoms with Gasteiger partial charge in [0.05, 0.1) is 10.5 Å². The van der Waals surface area contributed by atoms with Crippen molar-refractivity contribution in [2.45, 2.75) is 25.4 Å². The number of piperidine rings is 1. The first-order valence-corrected chi connectivity index (χ1v) is 6.14. The van der Waals surface area contributed by atoms with Crippen LogP contribution < -0.4 is 4.90 Å². The van der Waals surface area contributed by atoms with Gasteiger partial charge in [-0.05, 0) is 31.9 Å². The standard InChI is InChI=1S/C13H16N2O4/c1-13(17)5-2-6-14(9-13)11-4-3-10(8-16)7-12(11)15(18)19/h3-4,7-8,17H,2,5-6,9H2,1H3. The van der Waals surface area contributed by atoms with Crippen molar-refractivity contribution < 1.29 is 14.8 Å². The van der Waals surface area contributed by atoms with Crippen molar-refractivity contribution >= 4 is 17.7 Å². The Balaban J connectivity index is 2.38. The molecule has 0 saturated carbocycles. The molecule has 1 heterocycles. The monoisotopic (exact) mass is 264 g/mol. The van der Waals surface area contributed by atoms with E-state index in [2.05, 4.69) is 0 Å². The second-order valence-electron chi connectivity index (χ2n) is 5.15. The highest BCUT2D eigenvalue weighted by Gasteiger charge is 2.31. The highest BCUT2D eigenvalue weighted by molar-refractivity contribution is 5.79. The molecule has 0 spiro atoms. The smallest absolute Gasteiger partial charge is 0.293 e. The predicted octanol–water partition coefficient (Wildman–Crippen LogP) is 1.76. The highest BCUT2D eigenvalue weighted by Crippen LogP contribution is 2.33. The lowest BCUT2D eigenvalue weighted by molar-refractivity contribution is -0.384. The van der Waals surface area contributed by atoms with Crippen LogP contribution >= 0.6 is 0 Å². The van der Waals surface area contributed by atoms with Gasteiger partial charge in [0.15, 0.2) is 0 Å². The van der Waals surface area contributed by atoms with Crippen LogP contribution in [0.4, 0.5) is 11.4 Å². The Hall–Kier alpha value is -1.95. The second kappa shape index (κ2) is 4.97. The fourth-order valence-electron chi connectivity index (χ4n) is 2.45. The van der Waals surface area contributed by atoms with Gasteiger partial charge < -0.3 is 10.0 Å². The normalized spacial score (nSPS) is 23.2. The number of hydrogen-bond donors (Lipinski definition) is 1. The number of rotatable bonds is 3. The maximum absolute atomic E-state index is 11.1. The fourth-order valence-corrected chi connectivity index (χ4v) is 2.45. The van der Waals surface area contributed by atoms with Gasteiger partial charge in [0.1, 0.15) is 12.0 Å². The van der Waals surface area contributed by atoms with Crippen molar-refractivity contribution in [1.29, 1.82) is 0 Å². The van der Waals surface area contributed by atoms with Crippen LogP contribution in [0.5, 0.6) is 0 Å². The van der Waals surface area contributed by atoms with E-state index >= 15 is 0 Å². The van der Waals surface area contributed by atoms with Gasteiger partial charge in [-0.1, -0.05) is 0 Å². The van der Waals surface area contributed by atoms with Gasteiger partial charge in [-0.3, -0.25) is 14.9 Å². The average molecular weight is 264 g/mol. The maximum atomic E-state index is 11.1. The highest BCUT2D eigenvalue weighted by atomic mass is 16.6. The summed E-state index contributed by atoms with van der Waals surface area (Å²) >= 11 is 0. The summed E-state index contributed by atoms with van der Waals surface area (Å²) in [6.45, 7) is 2.75. The third-order valence-corrected chi connectivity index (χ3v) is 3.35. The van der Waals surface area contributed by atoms with E-state index in [1.807, 2.05) is 0 Å². The average Bonchev–Trinajstić information content (AvgIpc) is 2.36. The Labute approximate surface area is 110 Å². The van der Waals surface area contributed by atoms with Gasteiger partial charge >= 0.3 is 0 Å². The number of nitrogens with zero attached hydrogens (tertiary/aromatic N) is 2. The van der Waals surface area contributed by atoms with Crippen LogP contribution in [-0.4, -0.2) is 35.0 Å². The van der Waals surface area contributed by atoms with E-state index in [1.165, 1.54) is 6.07 Å². The number of anilines is 1. The van der Waals surface area contributed by atoms with Crippen LogP contribution in [0.2, 0.25) is 0 Å². The molecule has 1 aliphatic heterocycles. The lowest BCUT2D eigenvalue weighted by Gasteiger charge is -2.37. The summed E-state index contributed by atoms with van der Waals surface area (Å²) < 4.78 is 0. The van der Waals surface area contributed by atoms with E-state index in [4.69, 9.17) is 0 Å². The number of hydrogen-bond acceptors (Lipinski definition) is 5. The predicted molar refractivity (Wildman–Crippen MR) is 70.6 cm³/mol. The van der Waals surface area contributed by atoms with E-state index in [9.17, 15) is 20.0 Å². The first kappa shape index (κ1) is 13.5. The van der Waals surface area contributed by atoms with Crippen LogP contribution in [0.25, 0.3) is 0 Å². The van der Waals surface area contributed by atoms with Crippen LogP contribution in [0.3, 0.4) is 0 Å². The van der Waals surface area contributed by atoms with Crippen molar-refractivity contribution in [3.05, 3.63) is 33.9 Å². The SMILES string of the molecule is CC1(O)CCCN(c2ccc(C=O)cc2[N+](=O)[O-])C1. The molecule has 1 saturated heterocycles. The van der Waals surface area contributed by atoms with Crippen LogP contribution in [0.15, 0.2) is 18.2 Å². The molecule has 1 N–H and O–H groups in total.